The topological polar surface area (TPSA) is 122 Å². The molecule has 0 bridgehead atoms. The van der Waals surface area contributed by atoms with Crippen LogP contribution < -0.4 is 11.1 Å². The van der Waals surface area contributed by atoms with Gasteiger partial charge in [0.1, 0.15) is 17.7 Å². The van der Waals surface area contributed by atoms with E-state index in [1.165, 1.54) is 13.0 Å². The number of benzene rings is 1. The number of ketones is 1. The zero-order valence-electron chi connectivity index (χ0n) is 14.7. The Bertz CT molecular complexity index is 777. The van der Waals surface area contributed by atoms with Crippen molar-refractivity contribution in [3.05, 3.63) is 46.1 Å². The van der Waals surface area contributed by atoms with E-state index in [4.69, 9.17) is 27.3 Å². The lowest BCUT2D eigenvalue weighted by molar-refractivity contribution is -0.150. The molecule has 0 aliphatic rings. The number of nitrogens with zero attached hydrogens (tertiary/aromatic N) is 1. The maximum absolute atomic E-state index is 12.3. The minimum Gasteiger partial charge on any atom is -0.456 e. The fourth-order valence-electron chi connectivity index (χ4n) is 2.03. The predicted molar refractivity (Wildman–Crippen MR) is 96.0 cm³/mol. The van der Waals surface area contributed by atoms with Crippen LogP contribution in [0.1, 0.15) is 31.1 Å². The maximum atomic E-state index is 12.3. The maximum Gasteiger partial charge on any atom is 0.329 e. The van der Waals surface area contributed by atoms with Crippen LogP contribution >= 0.6 is 11.6 Å². The van der Waals surface area contributed by atoms with E-state index in [0.29, 0.717) is 0 Å². The van der Waals surface area contributed by atoms with E-state index in [9.17, 15) is 14.4 Å². The predicted octanol–water partition coefficient (Wildman–Crippen LogP) is 1.96. The average molecular weight is 378 g/mol. The van der Waals surface area contributed by atoms with Crippen molar-refractivity contribution in [3.63, 3.8) is 0 Å². The van der Waals surface area contributed by atoms with Gasteiger partial charge in [0.05, 0.1) is 10.6 Å². The molecule has 0 heterocycles. The lowest BCUT2D eigenvalue weighted by atomic mass is 10.0. The van der Waals surface area contributed by atoms with Gasteiger partial charge in [-0.05, 0) is 25.0 Å². The average Bonchev–Trinajstić information content (AvgIpc) is 2.57. The van der Waals surface area contributed by atoms with Crippen LogP contribution in [0.25, 0.3) is 0 Å². The molecule has 0 aromatic heterocycles. The summed E-state index contributed by atoms with van der Waals surface area (Å²) in [5.41, 5.74) is 5.43. The Hall–Kier alpha value is -2.85. The molecule has 7 nitrogen and oxygen atoms in total. The molecule has 1 aromatic carbocycles. The number of carbonyl (C=O) groups excluding carboxylic acids is 3. The molecule has 26 heavy (non-hydrogen) atoms. The van der Waals surface area contributed by atoms with Crippen molar-refractivity contribution in [2.24, 2.45) is 11.7 Å². The van der Waals surface area contributed by atoms with Crippen LogP contribution in [-0.2, 0) is 14.3 Å². The van der Waals surface area contributed by atoms with E-state index >= 15 is 0 Å². The highest BCUT2D eigenvalue weighted by molar-refractivity contribution is 6.33. The molecule has 1 atom stereocenters. The molecule has 0 saturated carbocycles. The van der Waals surface area contributed by atoms with Gasteiger partial charge in [0.15, 0.2) is 6.61 Å². The number of ether oxygens (including phenoxy) is 1. The van der Waals surface area contributed by atoms with Crippen molar-refractivity contribution in [1.29, 1.82) is 5.26 Å². The van der Waals surface area contributed by atoms with Gasteiger partial charge in [-0.1, -0.05) is 37.6 Å². The SMILES string of the molecule is C/C(N)=C(/C#N)C(=O)COC(=O)C(NC(=O)c1ccccc1Cl)C(C)C. The van der Waals surface area contributed by atoms with Gasteiger partial charge in [-0.15, -0.1) is 0 Å². The minimum atomic E-state index is -0.986. The minimum absolute atomic E-state index is 0.0426. The standard InChI is InChI=1S/C18H20ClN3O4/c1-10(2)16(22-17(24)12-6-4-5-7-14(12)19)18(25)26-9-15(23)13(8-20)11(3)21/h4-7,10,16H,9,21H2,1-3H3,(H,22,24)/b13-11+. The van der Waals surface area contributed by atoms with Gasteiger partial charge >= 0.3 is 5.97 Å². The Balaban J connectivity index is 2.81. The van der Waals surface area contributed by atoms with Gasteiger partial charge in [-0.3, -0.25) is 9.59 Å². The van der Waals surface area contributed by atoms with E-state index in [-0.39, 0.29) is 27.8 Å². The third kappa shape index (κ3) is 5.60. The number of nitriles is 1. The zero-order chi connectivity index (χ0) is 19.9. The van der Waals surface area contributed by atoms with E-state index < -0.39 is 30.3 Å². The molecule has 1 unspecified atom stereocenters. The number of amides is 1. The van der Waals surface area contributed by atoms with Crippen LogP contribution in [0, 0.1) is 17.2 Å². The number of Topliss-reactive ketones (excluding diaryl/α,β-unsaturated/α-hetero) is 1. The summed E-state index contributed by atoms with van der Waals surface area (Å²) in [5.74, 6) is -2.33. The largest absolute Gasteiger partial charge is 0.456 e. The quantitative estimate of drug-likeness (QED) is 0.425. The lowest BCUT2D eigenvalue weighted by Crippen LogP contribution is -2.45. The number of halogens is 1. The molecule has 1 amide bonds. The van der Waals surface area contributed by atoms with Gasteiger partial charge in [0, 0.05) is 5.70 Å². The van der Waals surface area contributed by atoms with Crippen LogP contribution in [0.2, 0.25) is 5.02 Å². The van der Waals surface area contributed by atoms with Crippen LogP contribution in [0.4, 0.5) is 0 Å². The fraction of sp³-hybridized carbons (Fsp3) is 0.333. The molecular formula is C18H20ClN3O4. The molecule has 0 spiro atoms. The van der Waals surface area contributed by atoms with E-state index in [1.54, 1.807) is 38.1 Å². The first kappa shape index (κ1) is 21.2. The second-order valence-electron chi connectivity index (χ2n) is 5.88. The summed E-state index contributed by atoms with van der Waals surface area (Å²) in [6.07, 6.45) is 0. The summed E-state index contributed by atoms with van der Waals surface area (Å²) in [5, 5.41) is 11.7. The molecule has 0 aliphatic carbocycles. The summed E-state index contributed by atoms with van der Waals surface area (Å²) >= 11 is 5.98. The number of esters is 1. The van der Waals surface area contributed by atoms with Gasteiger partial charge in [-0.2, -0.15) is 5.26 Å². The van der Waals surface area contributed by atoms with E-state index in [2.05, 4.69) is 5.32 Å². The van der Waals surface area contributed by atoms with Gasteiger partial charge in [0.25, 0.3) is 5.91 Å². The summed E-state index contributed by atoms with van der Waals surface area (Å²) < 4.78 is 4.95. The lowest BCUT2D eigenvalue weighted by Gasteiger charge is -2.21. The third-order valence-corrected chi connectivity index (χ3v) is 3.79. The first-order valence-electron chi connectivity index (χ1n) is 7.80. The summed E-state index contributed by atoms with van der Waals surface area (Å²) in [7, 11) is 0. The van der Waals surface area contributed by atoms with Crippen molar-refractivity contribution in [2.75, 3.05) is 6.61 Å². The molecular weight excluding hydrogens is 358 g/mol. The highest BCUT2D eigenvalue weighted by atomic mass is 35.5. The Labute approximate surface area is 156 Å². The Morgan fingerprint density at radius 1 is 1.31 bits per heavy atom. The Kier molecular flexibility index (Phi) is 7.81. The molecule has 1 aromatic rings. The molecule has 3 N–H and O–H groups in total. The van der Waals surface area contributed by atoms with Crippen LogP contribution in [0.15, 0.2) is 35.5 Å². The second kappa shape index (κ2) is 9.59. The number of carbonyl (C=O) groups is 3. The van der Waals surface area contributed by atoms with Crippen molar-refractivity contribution in [2.45, 2.75) is 26.8 Å². The molecule has 0 fully saturated rings. The number of nitrogens with two attached hydrogens (primary N) is 1. The van der Waals surface area contributed by atoms with Gasteiger partial charge in [-0.25, -0.2) is 4.79 Å². The summed E-state index contributed by atoms with van der Waals surface area (Å²) in [6, 6.07) is 7.09. The molecule has 0 radical (unpaired) electrons. The summed E-state index contributed by atoms with van der Waals surface area (Å²) in [6.45, 7) is 4.19. The monoisotopic (exact) mass is 377 g/mol. The number of rotatable bonds is 7. The first-order chi connectivity index (χ1) is 12.2. The third-order valence-electron chi connectivity index (χ3n) is 3.46. The molecule has 0 aliphatic heterocycles. The van der Waals surface area contributed by atoms with Crippen molar-refractivity contribution >= 4 is 29.3 Å². The Morgan fingerprint density at radius 3 is 2.42 bits per heavy atom. The molecule has 138 valence electrons. The Morgan fingerprint density at radius 2 is 1.92 bits per heavy atom. The molecule has 1 rings (SSSR count). The molecule has 0 saturated heterocycles. The number of hydrogen-bond acceptors (Lipinski definition) is 6. The zero-order valence-corrected chi connectivity index (χ0v) is 15.5. The van der Waals surface area contributed by atoms with Crippen LogP contribution in [-0.4, -0.2) is 30.3 Å². The second-order valence-corrected chi connectivity index (χ2v) is 6.28. The number of hydrogen-bond donors (Lipinski definition) is 2. The highest BCUT2D eigenvalue weighted by Crippen LogP contribution is 2.16. The van der Waals surface area contributed by atoms with Crippen molar-refractivity contribution in [1.82, 2.24) is 5.32 Å². The molecule has 8 heteroatoms. The first-order valence-corrected chi connectivity index (χ1v) is 8.18. The normalized spacial score (nSPS) is 12.6. The van der Waals surface area contributed by atoms with Crippen molar-refractivity contribution < 1.29 is 19.1 Å². The smallest absolute Gasteiger partial charge is 0.329 e. The highest BCUT2D eigenvalue weighted by Gasteiger charge is 2.27. The number of nitrogens with one attached hydrogen (secondary N) is 1. The van der Waals surface area contributed by atoms with E-state index in [0.717, 1.165) is 0 Å². The van der Waals surface area contributed by atoms with Crippen molar-refractivity contribution in [3.8, 4) is 6.07 Å². The van der Waals surface area contributed by atoms with Crippen LogP contribution in [0.3, 0.4) is 0 Å². The van der Waals surface area contributed by atoms with Crippen LogP contribution in [0.5, 0.6) is 0 Å². The fourth-order valence-corrected chi connectivity index (χ4v) is 2.25. The number of allylic oxidation sites excluding steroid dienone is 1. The summed E-state index contributed by atoms with van der Waals surface area (Å²) in [4.78, 5) is 36.5. The van der Waals surface area contributed by atoms with E-state index in [1.807, 2.05) is 0 Å². The van der Waals surface area contributed by atoms with Gasteiger partial charge in [0.2, 0.25) is 5.78 Å². The van der Waals surface area contributed by atoms with Gasteiger partial charge < -0.3 is 15.8 Å².